The molecule has 0 radical (unpaired) electrons. The van der Waals surface area contributed by atoms with E-state index in [0.717, 1.165) is 44.9 Å². The second-order valence-electron chi connectivity index (χ2n) is 6.06. The summed E-state index contributed by atoms with van der Waals surface area (Å²) in [5.74, 6) is 1.05. The van der Waals surface area contributed by atoms with Crippen molar-refractivity contribution < 1.29 is 9.47 Å². The van der Waals surface area contributed by atoms with Crippen molar-refractivity contribution in [2.75, 3.05) is 19.8 Å². The van der Waals surface area contributed by atoms with Crippen LogP contribution in [-0.2, 0) is 17.7 Å². The van der Waals surface area contributed by atoms with Crippen LogP contribution in [-0.4, -0.2) is 25.4 Å². The van der Waals surface area contributed by atoms with E-state index in [0.29, 0.717) is 0 Å². The normalized spacial score (nSPS) is 15.9. The fraction of sp³-hybridized carbons (Fsp3) is 0.647. The minimum Gasteiger partial charge on any atom is -0.487 e. The van der Waals surface area contributed by atoms with Gasteiger partial charge in [0, 0.05) is 26.2 Å². The first-order chi connectivity index (χ1) is 9.61. The molecule has 1 aromatic carbocycles. The zero-order valence-corrected chi connectivity index (χ0v) is 13.0. The van der Waals surface area contributed by atoms with E-state index in [-0.39, 0.29) is 5.60 Å². The number of fused-ring (bicyclic) bond motifs is 1. The number of nitrogens with one attached hydrogen (secondary N) is 1. The van der Waals surface area contributed by atoms with Gasteiger partial charge in [0.1, 0.15) is 11.4 Å². The zero-order chi connectivity index (χ0) is 14.4. The topological polar surface area (TPSA) is 30.5 Å². The summed E-state index contributed by atoms with van der Waals surface area (Å²) < 4.78 is 11.2. The van der Waals surface area contributed by atoms with Crippen molar-refractivity contribution in [3.8, 4) is 5.75 Å². The van der Waals surface area contributed by atoms with Gasteiger partial charge in [0.05, 0.1) is 0 Å². The van der Waals surface area contributed by atoms with Gasteiger partial charge in [0.15, 0.2) is 0 Å². The van der Waals surface area contributed by atoms with Crippen LogP contribution in [0, 0.1) is 0 Å². The lowest BCUT2D eigenvalue weighted by atomic mass is 10.0. The van der Waals surface area contributed by atoms with Gasteiger partial charge in [-0.15, -0.1) is 0 Å². The highest BCUT2D eigenvalue weighted by molar-refractivity contribution is 5.41. The summed E-state index contributed by atoms with van der Waals surface area (Å²) in [5.41, 5.74) is 2.63. The Hall–Kier alpha value is -1.06. The van der Waals surface area contributed by atoms with Crippen molar-refractivity contribution in [2.24, 2.45) is 0 Å². The smallest absolute Gasteiger partial charge is 0.123 e. The van der Waals surface area contributed by atoms with Crippen molar-refractivity contribution in [1.29, 1.82) is 0 Å². The third kappa shape index (κ3) is 4.50. The van der Waals surface area contributed by atoms with E-state index >= 15 is 0 Å². The van der Waals surface area contributed by atoms with Crippen LogP contribution in [0.2, 0.25) is 0 Å². The van der Waals surface area contributed by atoms with Gasteiger partial charge in [-0.1, -0.05) is 12.1 Å². The summed E-state index contributed by atoms with van der Waals surface area (Å²) in [6.45, 7) is 10.0. The first-order valence-corrected chi connectivity index (χ1v) is 7.70. The molecule has 0 atom stereocenters. The Morgan fingerprint density at radius 2 is 2.15 bits per heavy atom. The molecule has 0 bridgehead atoms. The molecule has 3 heteroatoms. The van der Waals surface area contributed by atoms with Gasteiger partial charge in [0.2, 0.25) is 0 Å². The molecule has 0 spiro atoms. The molecular weight excluding hydrogens is 250 g/mol. The van der Waals surface area contributed by atoms with Crippen LogP contribution < -0.4 is 10.1 Å². The molecule has 1 N–H and O–H groups in total. The molecule has 1 heterocycles. The Bertz CT molecular complexity index is 429. The lowest BCUT2D eigenvalue weighted by Crippen LogP contribution is -2.24. The maximum Gasteiger partial charge on any atom is 0.123 e. The molecule has 0 fully saturated rings. The molecule has 0 amide bonds. The van der Waals surface area contributed by atoms with E-state index < -0.39 is 0 Å². The molecule has 2 rings (SSSR count). The zero-order valence-electron chi connectivity index (χ0n) is 13.0. The number of hydrogen-bond acceptors (Lipinski definition) is 3. The lowest BCUT2D eigenvalue weighted by molar-refractivity contribution is 0.138. The van der Waals surface area contributed by atoms with Crippen molar-refractivity contribution in [3.63, 3.8) is 0 Å². The standard InChI is InChI=1S/C17H27NO2/c1-4-19-10-6-5-9-18-13-14-7-8-16-15(11-14)12-17(2,3)20-16/h7-8,11,18H,4-6,9-10,12-13H2,1-3H3. The summed E-state index contributed by atoms with van der Waals surface area (Å²) in [4.78, 5) is 0. The van der Waals surface area contributed by atoms with E-state index in [9.17, 15) is 0 Å². The monoisotopic (exact) mass is 277 g/mol. The number of rotatable bonds is 8. The molecule has 0 saturated carbocycles. The second-order valence-corrected chi connectivity index (χ2v) is 6.06. The predicted octanol–water partition coefficient (Wildman–Crippen LogP) is 3.31. The van der Waals surface area contributed by atoms with Gasteiger partial charge >= 0.3 is 0 Å². The minimum absolute atomic E-state index is 0.0480. The number of hydrogen-bond donors (Lipinski definition) is 1. The average Bonchev–Trinajstić information content (AvgIpc) is 2.71. The third-order valence-electron chi connectivity index (χ3n) is 3.55. The molecule has 3 nitrogen and oxygen atoms in total. The van der Waals surface area contributed by atoms with E-state index in [1.165, 1.54) is 17.5 Å². The first-order valence-electron chi connectivity index (χ1n) is 7.70. The molecular formula is C17H27NO2. The Morgan fingerprint density at radius 1 is 1.30 bits per heavy atom. The van der Waals surface area contributed by atoms with Gasteiger partial charge in [-0.3, -0.25) is 0 Å². The maximum absolute atomic E-state index is 5.90. The Kier molecular flexibility index (Phi) is 5.44. The quantitative estimate of drug-likeness (QED) is 0.740. The summed E-state index contributed by atoms with van der Waals surface area (Å²) >= 11 is 0. The van der Waals surface area contributed by atoms with Crippen molar-refractivity contribution in [1.82, 2.24) is 5.32 Å². The molecule has 112 valence electrons. The highest BCUT2D eigenvalue weighted by atomic mass is 16.5. The van der Waals surface area contributed by atoms with Crippen LogP contribution in [0.25, 0.3) is 0 Å². The van der Waals surface area contributed by atoms with Crippen molar-refractivity contribution >= 4 is 0 Å². The second kappa shape index (κ2) is 7.09. The summed E-state index contributed by atoms with van der Waals surface area (Å²) in [7, 11) is 0. The van der Waals surface area contributed by atoms with E-state index in [1.807, 2.05) is 6.92 Å². The van der Waals surface area contributed by atoms with Gasteiger partial charge in [-0.2, -0.15) is 0 Å². The molecule has 0 aromatic heterocycles. The first kappa shape index (κ1) is 15.3. The fourth-order valence-electron chi connectivity index (χ4n) is 2.60. The molecule has 1 aliphatic rings. The summed E-state index contributed by atoms with van der Waals surface area (Å²) in [6, 6.07) is 6.54. The molecule has 1 aromatic rings. The molecule has 1 aliphatic heterocycles. The number of unbranched alkanes of at least 4 members (excludes halogenated alkanes) is 1. The van der Waals surface area contributed by atoms with Crippen LogP contribution in [0.3, 0.4) is 0 Å². The van der Waals surface area contributed by atoms with Gasteiger partial charge < -0.3 is 14.8 Å². The van der Waals surface area contributed by atoms with E-state index in [2.05, 4.69) is 37.4 Å². The Morgan fingerprint density at radius 3 is 2.95 bits per heavy atom. The average molecular weight is 277 g/mol. The minimum atomic E-state index is -0.0480. The molecule has 0 unspecified atom stereocenters. The van der Waals surface area contributed by atoms with E-state index in [1.54, 1.807) is 0 Å². The summed E-state index contributed by atoms with van der Waals surface area (Å²) in [5, 5.41) is 3.49. The molecule has 0 aliphatic carbocycles. The fourth-order valence-corrected chi connectivity index (χ4v) is 2.60. The van der Waals surface area contributed by atoms with Crippen LogP contribution in [0.15, 0.2) is 18.2 Å². The van der Waals surface area contributed by atoms with Gasteiger partial charge in [0.25, 0.3) is 0 Å². The van der Waals surface area contributed by atoms with Crippen LogP contribution in [0.1, 0.15) is 44.7 Å². The van der Waals surface area contributed by atoms with Crippen molar-refractivity contribution in [2.45, 2.75) is 52.2 Å². The maximum atomic E-state index is 5.90. The van der Waals surface area contributed by atoms with Crippen LogP contribution in [0.5, 0.6) is 5.75 Å². The highest BCUT2D eigenvalue weighted by Gasteiger charge is 2.29. The van der Waals surface area contributed by atoms with Crippen LogP contribution in [0.4, 0.5) is 0 Å². The van der Waals surface area contributed by atoms with E-state index in [4.69, 9.17) is 9.47 Å². The number of ether oxygens (including phenoxy) is 2. The van der Waals surface area contributed by atoms with Gasteiger partial charge in [-0.05, 0) is 57.4 Å². The SMILES string of the molecule is CCOCCCCNCc1ccc2c(c1)CC(C)(C)O2. The Balaban J connectivity index is 1.70. The van der Waals surface area contributed by atoms with Gasteiger partial charge in [-0.25, -0.2) is 0 Å². The third-order valence-corrected chi connectivity index (χ3v) is 3.55. The molecule has 20 heavy (non-hydrogen) atoms. The summed E-state index contributed by atoms with van der Waals surface area (Å²) in [6.07, 6.45) is 3.30. The lowest BCUT2D eigenvalue weighted by Gasteiger charge is -2.16. The van der Waals surface area contributed by atoms with Crippen molar-refractivity contribution in [3.05, 3.63) is 29.3 Å². The number of benzene rings is 1. The van der Waals surface area contributed by atoms with Crippen LogP contribution >= 0.6 is 0 Å². The highest BCUT2D eigenvalue weighted by Crippen LogP contribution is 2.35. The largest absolute Gasteiger partial charge is 0.487 e. The predicted molar refractivity (Wildman–Crippen MR) is 82.3 cm³/mol. The Labute approximate surface area is 122 Å². The molecule has 0 saturated heterocycles.